The van der Waals surface area contributed by atoms with E-state index in [0.29, 0.717) is 17.1 Å². The number of carbonyl (C=O) groups excluding carboxylic acids is 1. The van der Waals surface area contributed by atoms with E-state index in [9.17, 15) is 4.79 Å². The van der Waals surface area contributed by atoms with Gasteiger partial charge in [0.15, 0.2) is 11.5 Å². The van der Waals surface area contributed by atoms with E-state index in [0.717, 1.165) is 10.0 Å². The first-order chi connectivity index (χ1) is 10.5. The average molecular weight is 386 g/mol. The summed E-state index contributed by atoms with van der Waals surface area (Å²) < 4.78 is 16.5. The van der Waals surface area contributed by atoms with Crippen molar-refractivity contribution < 1.29 is 19.0 Å². The van der Waals surface area contributed by atoms with Crippen LogP contribution >= 0.6 is 27.5 Å². The summed E-state index contributed by atoms with van der Waals surface area (Å²) in [6.45, 7) is 0.171. The SMILES string of the molecule is COc1cc(C(=O)OCc2cccc(Br)c2)cc(Cl)c1OC. The largest absolute Gasteiger partial charge is 0.493 e. The molecule has 0 saturated heterocycles. The van der Waals surface area contributed by atoms with Crippen molar-refractivity contribution in [2.75, 3.05) is 14.2 Å². The van der Waals surface area contributed by atoms with Crippen LogP contribution in [0.3, 0.4) is 0 Å². The first-order valence-electron chi connectivity index (χ1n) is 6.38. The van der Waals surface area contributed by atoms with Gasteiger partial charge in [0.2, 0.25) is 0 Å². The van der Waals surface area contributed by atoms with Gasteiger partial charge in [-0.1, -0.05) is 39.7 Å². The van der Waals surface area contributed by atoms with Gasteiger partial charge in [-0.3, -0.25) is 0 Å². The Balaban J connectivity index is 2.14. The molecule has 0 N–H and O–H groups in total. The topological polar surface area (TPSA) is 44.8 Å². The monoisotopic (exact) mass is 384 g/mol. The Labute approximate surface area is 142 Å². The number of methoxy groups -OCH3 is 2. The van der Waals surface area contributed by atoms with E-state index >= 15 is 0 Å². The molecule has 0 bridgehead atoms. The van der Waals surface area contributed by atoms with Crippen molar-refractivity contribution in [3.8, 4) is 11.5 Å². The van der Waals surface area contributed by atoms with Gasteiger partial charge in [-0.25, -0.2) is 4.79 Å². The second kappa shape index (κ2) is 7.51. The minimum atomic E-state index is -0.483. The molecule has 0 aromatic heterocycles. The molecule has 0 saturated carbocycles. The van der Waals surface area contributed by atoms with E-state index in [2.05, 4.69) is 15.9 Å². The number of benzene rings is 2. The number of esters is 1. The molecular weight excluding hydrogens is 372 g/mol. The molecular formula is C16H14BrClO4. The molecule has 0 aliphatic carbocycles. The van der Waals surface area contributed by atoms with Gasteiger partial charge in [0, 0.05) is 4.47 Å². The van der Waals surface area contributed by atoms with Gasteiger partial charge in [0.25, 0.3) is 0 Å². The van der Waals surface area contributed by atoms with Crippen LogP contribution in [-0.4, -0.2) is 20.2 Å². The number of hydrogen-bond acceptors (Lipinski definition) is 4. The number of rotatable bonds is 5. The van der Waals surface area contributed by atoms with Crippen molar-refractivity contribution in [2.45, 2.75) is 6.61 Å². The Morgan fingerprint density at radius 2 is 1.95 bits per heavy atom. The van der Waals surface area contributed by atoms with Crippen molar-refractivity contribution in [2.24, 2.45) is 0 Å². The summed E-state index contributed by atoms with van der Waals surface area (Å²) >= 11 is 9.45. The lowest BCUT2D eigenvalue weighted by Crippen LogP contribution is -2.06. The van der Waals surface area contributed by atoms with Crippen molar-refractivity contribution >= 4 is 33.5 Å². The van der Waals surface area contributed by atoms with Crippen LogP contribution in [0.15, 0.2) is 40.9 Å². The van der Waals surface area contributed by atoms with E-state index in [1.54, 1.807) is 0 Å². The van der Waals surface area contributed by atoms with Crippen LogP contribution < -0.4 is 9.47 Å². The summed E-state index contributed by atoms with van der Waals surface area (Å²) in [6, 6.07) is 10.6. The lowest BCUT2D eigenvalue weighted by Gasteiger charge is -2.11. The molecule has 2 aromatic rings. The molecule has 0 aliphatic rings. The molecule has 0 heterocycles. The Kier molecular flexibility index (Phi) is 5.69. The van der Waals surface area contributed by atoms with Crippen LogP contribution in [-0.2, 0) is 11.3 Å². The van der Waals surface area contributed by atoms with Crippen LogP contribution in [0.2, 0.25) is 5.02 Å². The van der Waals surface area contributed by atoms with Crippen molar-refractivity contribution in [1.82, 2.24) is 0 Å². The molecule has 2 rings (SSSR count). The summed E-state index contributed by atoms with van der Waals surface area (Å²) in [7, 11) is 2.96. The minimum Gasteiger partial charge on any atom is -0.493 e. The molecule has 22 heavy (non-hydrogen) atoms. The summed E-state index contributed by atoms with van der Waals surface area (Å²) in [4.78, 5) is 12.1. The molecule has 0 radical (unpaired) electrons. The first kappa shape index (κ1) is 16.6. The number of halogens is 2. The quantitative estimate of drug-likeness (QED) is 0.712. The third-order valence-corrected chi connectivity index (χ3v) is 3.70. The molecule has 0 amide bonds. The lowest BCUT2D eigenvalue weighted by atomic mass is 10.2. The fraction of sp³-hybridized carbons (Fsp3) is 0.188. The van der Waals surface area contributed by atoms with E-state index in [-0.39, 0.29) is 11.6 Å². The van der Waals surface area contributed by atoms with E-state index in [1.807, 2.05) is 24.3 Å². The molecule has 6 heteroatoms. The Morgan fingerprint density at radius 3 is 2.59 bits per heavy atom. The number of ether oxygens (including phenoxy) is 3. The third kappa shape index (κ3) is 3.93. The highest BCUT2D eigenvalue weighted by molar-refractivity contribution is 9.10. The van der Waals surface area contributed by atoms with Gasteiger partial charge in [-0.2, -0.15) is 0 Å². The second-order valence-corrected chi connectivity index (χ2v) is 5.72. The Morgan fingerprint density at radius 1 is 1.18 bits per heavy atom. The molecule has 0 spiro atoms. The van der Waals surface area contributed by atoms with Gasteiger partial charge in [-0.15, -0.1) is 0 Å². The van der Waals surface area contributed by atoms with Gasteiger partial charge in [0.05, 0.1) is 24.8 Å². The zero-order valence-electron chi connectivity index (χ0n) is 12.1. The highest BCUT2D eigenvalue weighted by atomic mass is 79.9. The number of hydrogen-bond donors (Lipinski definition) is 0. The normalized spacial score (nSPS) is 10.2. The van der Waals surface area contributed by atoms with Gasteiger partial charge in [-0.05, 0) is 29.8 Å². The predicted octanol–water partition coefficient (Wildman–Crippen LogP) is 4.48. The molecule has 0 aliphatic heterocycles. The zero-order chi connectivity index (χ0) is 16.1. The summed E-state index contributed by atoms with van der Waals surface area (Å²) in [6.07, 6.45) is 0. The molecule has 0 atom stereocenters. The molecule has 4 nitrogen and oxygen atoms in total. The third-order valence-electron chi connectivity index (χ3n) is 2.93. The van der Waals surface area contributed by atoms with Crippen LogP contribution in [0.5, 0.6) is 11.5 Å². The highest BCUT2D eigenvalue weighted by Crippen LogP contribution is 2.36. The average Bonchev–Trinajstić information content (AvgIpc) is 2.51. The fourth-order valence-electron chi connectivity index (χ4n) is 1.89. The predicted molar refractivity (Wildman–Crippen MR) is 87.8 cm³/mol. The summed E-state index contributed by atoms with van der Waals surface area (Å²) in [5, 5.41) is 0.288. The first-order valence-corrected chi connectivity index (χ1v) is 7.55. The maximum atomic E-state index is 12.1. The standard InChI is InChI=1S/C16H14BrClO4/c1-20-14-8-11(7-13(18)15(14)21-2)16(19)22-9-10-4-3-5-12(17)6-10/h3-8H,9H2,1-2H3. The Hall–Kier alpha value is -1.72. The fourth-order valence-corrected chi connectivity index (χ4v) is 2.63. The van der Waals surface area contributed by atoms with E-state index in [4.69, 9.17) is 25.8 Å². The lowest BCUT2D eigenvalue weighted by molar-refractivity contribution is 0.0472. The van der Waals surface area contributed by atoms with Crippen LogP contribution in [0.25, 0.3) is 0 Å². The van der Waals surface area contributed by atoms with Crippen LogP contribution in [0.4, 0.5) is 0 Å². The van der Waals surface area contributed by atoms with Gasteiger partial charge >= 0.3 is 5.97 Å². The highest BCUT2D eigenvalue weighted by Gasteiger charge is 2.16. The van der Waals surface area contributed by atoms with Crippen LogP contribution in [0, 0.1) is 0 Å². The smallest absolute Gasteiger partial charge is 0.338 e. The maximum Gasteiger partial charge on any atom is 0.338 e. The second-order valence-electron chi connectivity index (χ2n) is 4.40. The molecule has 0 unspecified atom stereocenters. The minimum absolute atomic E-state index is 0.171. The van der Waals surface area contributed by atoms with Crippen molar-refractivity contribution in [3.05, 3.63) is 57.0 Å². The number of carbonyl (C=O) groups is 1. The molecule has 116 valence electrons. The van der Waals surface area contributed by atoms with Gasteiger partial charge < -0.3 is 14.2 Å². The van der Waals surface area contributed by atoms with E-state index < -0.39 is 5.97 Å². The molecule has 2 aromatic carbocycles. The Bertz CT molecular complexity index is 688. The summed E-state index contributed by atoms with van der Waals surface area (Å²) in [5.41, 5.74) is 1.19. The van der Waals surface area contributed by atoms with E-state index in [1.165, 1.54) is 26.4 Å². The van der Waals surface area contributed by atoms with Crippen molar-refractivity contribution in [1.29, 1.82) is 0 Å². The molecule has 0 fully saturated rings. The van der Waals surface area contributed by atoms with Gasteiger partial charge in [0.1, 0.15) is 6.61 Å². The maximum absolute atomic E-state index is 12.1. The van der Waals surface area contributed by atoms with Crippen LogP contribution in [0.1, 0.15) is 15.9 Å². The summed E-state index contributed by atoms with van der Waals surface area (Å²) in [5.74, 6) is 0.278. The zero-order valence-corrected chi connectivity index (χ0v) is 14.4. The van der Waals surface area contributed by atoms with Crippen molar-refractivity contribution in [3.63, 3.8) is 0 Å².